The maximum atomic E-state index is 13.0. The molecule has 0 aliphatic heterocycles. The Bertz CT molecular complexity index is 1020. The van der Waals surface area contributed by atoms with Crippen LogP contribution in [0.5, 0.6) is 0 Å². The van der Waals surface area contributed by atoms with Crippen LogP contribution in [0.15, 0.2) is 72.8 Å². The summed E-state index contributed by atoms with van der Waals surface area (Å²) >= 11 is 0. The summed E-state index contributed by atoms with van der Waals surface area (Å²) in [5.41, 5.74) is 8.23. The highest BCUT2D eigenvalue weighted by Crippen LogP contribution is 2.32. The Morgan fingerprint density at radius 1 is 0.935 bits per heavy atom. The minimum absolute atomic E-state index is 0.0483. The topological polar surface area (TPSA) is 67.2 Å². The van der Waals surface area contributed by atoms with Crippen molar-refractivity contribution in [3.8, 4) is 11.1 Å². The van der Waals surface area contributed by atoms with Crippen LogP contribution in [0.25, 0.3) is 11.1 Å². The number of anilines is 1. The maximum absolute atomic E-state index is 13.0. The van der Waals surface area contributed by atoms with Gasteiger partial charge < -0.3 is 16.4 Å². The molecule has 2 amide bonds. The molecule has 4 nitrogen and oxygen atoms in total. The third-order valence-corrected chi connectivity index (χ3v) is 4.79. The fourth-order valence-corrected chi connectivity index (χ4v) is 3.31. The summed E-state index contributed by atoms with van der Waals surface area (Å²) in [6.07, 6.45) is -3.93. The third-order valence-electron chi connectivity index (χ3n) is 4.79. The molecule has 0 bridgehead atoms. The first-order valence-corrected chi connectivity index (χ1v) is 9.87. The van der Waals surface area contributed by atoms with Crippen molar-refractivity contribution < 1.29 is 18.0 Å². The Labute approximate surface area is 179 Å². The second-order valence-electron chi connectivity index (χ2n) is 7.39. The van der Waals surface area contributed by atoms with Gasteiger partial charge in [0.2, 0.25) is 0 Å². The SMILES string of the molecule is CC(Cc1ccc(-c2ccccc2)cc1)NC(=O)Nc1cc(CN)cc(C(F)(F)F)c1. The summed E-state index contributed by atoms with van der Waals surface area (Å²) in [6.45, 7) is 1.78. The molecule has 0 aliphatic carbocycles. The second-order valence-corrected chi connectivity index (χ2v) is 7.39. The highest BCUT2D eigenvalue weighted by Gasteiger charge is 2.31. The summed E-state index contributed by atoms with van der Waals surface area (Å²) < 4.78 is 39.1. The van der Waals surface area contributed by atoms with E-state index < -0.39 is 17.8 Å². The standard InChI is InChI=1S/C24H24F3N3O/c1-16(11-17-7-9-20(10-8-17)19-5-3-2-4-6-19)29-23(31)30-22-13-18(15-28)12-21(14-22)24(25,26)27/h2-10,12-14,16H,11,15,28H2,1H3,(H2,29,30,31). The molecule has 0 spiro atoms. The first-order valence-electron chi connectivity index (χ1n) is 9.87. The van der Waals surface area contributed by atoms with Crippen molar-refractivity contribution in [3.63, 3.8) is 0 Å². The number of amides is 2. The molecule has 0 saturated heterocycles. The maximum Gasteiger partial charge on any atom is 0.416 e. The van der Waals surface area contributed by atoms with Gasteiger partial charge in [-0.1, -0.05) is 54.6 Å². The summed E-state index contributed by atoms with van der Waals surface area (Å²) in [5.74, 6) is 0. The molecule has 3 rings (SSSR count). The van der Waals surface area contributed by atoms with E-state index in [1.54, 1.807) is 0 Å². The molecule has 1 atom stereocenters. The van der Waals surface area contributed by atoms with Crippen LogP contribution >= 0.6 is 0 Å². The predicted octanol–water partition coefficient (Wildman–Crippen LogP) is 5.58. The minimum Gasteiger partial charge on any atom is -0.335 e. The van der Waals surface area contributed by atoms with E-state index in [9.17, 15) is 18.0 Å². The summed E-state index contributed by atoms with van der Waals surface area (Å²) in [5, 5.41) is 5.23. The first kappa shape index (κ1) is 22.4. The van der Waals surface area contributed by atoms with Crippen LogP contribution in [-0.4, -0.2) is 12.1 Å². The van der Waals surface area contributed by atoms with Crippen molar-refractivity contribution in [2.45, 2.75) is 32.1 Å². The molecule has 0 aromatic heterocycles. The lowest BCUT2D eigenvalue weighted by atomic mass is 10.0. The average molecular weight is 427 g/mol. The zero-order chi connectivity index (χ0) is 22.4. The van der Waals surface area contributed by atoms with Crippen LogP contribution in [0.2, 0.25) is 0 Å². The molecule has 31 heavy (non-hydrogen) atoms. The van der Waals surface area contributed by atoms with E-state index >= 15 is 0 Å². The van der Waals surface area contributed by atoms with Crippen LogP contribution in [0, 0.1) is 0 Å². The number of hydrogen-bond donors (Lipinski definition) is 3. The van der Waals surface area contributed by atoms with Crippen LogP contribution in [0.1, 0.15) is 23.6 Å². The van der Waals surface area contributed by atoms with Crippen LogP contribution in [0.4, 0.5) is 23.7 Å². The Morgan fingerprint density at radius 3 is 2.19 bits per heavy atom. The fraction of sp³-hybridized carbons (Fsp3) is 0.208. The van der Waals surface area contributed by atoms with Crippen LogP contribution in [0.3, 0.4) is 0 Å². The van der Waals surface area contributed by atoms with E-state index in [1.165, 1.54) is 6.07 Å². The number of carbonyl (C=O) groups excluding carboxylic acids is 1. The first-order chi connectivity index (χ1) is 14.7. The fourth-order valence-electron chi connectivity index (χ4n) is 3.31. The van der Waals surface area contributed by atoms with Crippen molar-refractivity contribution in [1.29, 1.82) is 0 Å². The number of nitrogens with one attached hydrogen (secondary N) is 2. The number of carbonyl (C=O) groups is 1. The van der Waals surface area contributed by atoms with Gasteiger partial charge in [0.25, 0.3) is 0 Å². The zero-order valence-corrected chi connectivity index (χ0v) is 17.0. The molecular formula is C24H24F3N3O. The molecule has 4 N–H and O–H groups in total. The van der Waals surface area contributed by atoms with Gasteiger partial charge in [0, 0.05) is 18.3 Å². The summed E-state index contributed by atoms with van der Waals surface area (Å²) in [7, 11) is 0. The van der Waals surface area contributed by atoms with Gasteiger partial charge in [0.15, 0.2) is 0 Å². The molecule has 0 aliphatic rings. The largest absolute Gasteiger partial charge is 0.416 e. The van der Waals surface area contributed by atoms with E-state index in [-0.39, 0.29) is 23.8 Å². The van der Waals surface area contributed by atoms with E-state index in [1.807, 2.05) is 61.5 Å². The van der Waals surface area contributed by atoms with Gasteiger partial charge in [-0.3, -0.25) is 0 Å². The van der Waals surface area contributed by atoms with Crippen molar-refractivity contribution in [2.75, 3.05) is 5.32 Å². The van der Waals surface area contributed by atoms with Crippen molar-refractivity contribution in [2.24, 2.45) is 5.73 Å². The number of hydrogen-bond acceptors (Lipinski definition) is 2. The summed E-state index contributed by atoms with van der Waals surface area (Å²) in [6, 6.07) is 20.5. The number of rotatable bonds is 6. The van der Waals surface area contributed by atoms with Gasteiger partial charge in [-0.15, -0.1) is 0 Å². The Morgan fingerprint density at radius 2 is 1.58 bits per heavy atom. The second kappa shape index (κ2) is 9.66. The Balaban J connectivity index is 1.60. The van der Waals surface area contributed by atoms with Gasteiger partial charge >= 0.3 is 12.2 Å². The molecule has 0 radical (unpaired) electrons. The summed E-state index contributed by atoms with van der Waals surface area (Å²) in [4.78, 5) is 12.3. The van der Waals surface area contributed by atoms with Crippen LogP contribution < -0.4 is 16.4 Å². The van der Waals surface area contributed by atoms with Crippen LogP contribution in [-0.2, 0) is 19.1 Å². The molecule has 1 unspecified atom stereocenters. The zero-order valence-electron chi connectivity index (χ0n) is 17.0. The number of halogens is 3. The lowest BCUT2D eigenvalue weighted by Crippen LogP contribution is -2.37. The predicted molar refractivity (Wildman–Crippen MR) is 117 cm³/mol. The van der Waals surface area contributed by atoms with Crippen molar-refractivity contribution in [3.05, 3.63) is 89.5 Å². The smallest absolute Gasteiger partial charge is 0.335 e. The van der Waals surface area contributed by atoms with Gasteiger partial charge in [-0.25, -0.2) is 4.79 Å². The minimum atomic E-state index is -4.52. The Kier molecular flexibility index (Phi) is 6.97. The molecule has 162 valence electrons. The highest BCUT2D eigenvalue weighted by molar-refractivity contribution is 5.89. The Hall–Kier alpha value is -3.32. The number of benzene rings is 3. The number of nitrogens with two attached hydrogens (primary N) is 1. The quantitative estimate of drug-likeness (QED) is 0.481. The molecule has 3 aromatic carbocycles. The highest BCUT2D eigenvalue weighted by atomic mass is 19.4. The molecular weight excluding hydrogens is 403 g/mol. The van der Waals surface area contributed by atoms with Gasteiger partial charge in [-0.2, -0.15) is 13.2 Å². The van der Waals surface area contributed by atoms with Gasteiger partial charge in [0.1, 0.15) is 0 Å². The van der Waals surface area contributed by atoms with Crippen molar-refractivity contribution in [1.82, 2.24) is 5.32 Å². The average Bonchev–Trinajstić information content (AvgIpc) is 2.73. The van der Waals surface area contributed by atoms with Gasteiger partial charge in [-0.05, 0) is 53.8 Å². The lowest BCUT2D eigenvalue weighted by molar-refractivity contribution is -0.137. The number of urea groups is 1. The van der Waals surface area contributed by atoms with E-state index in [4.69, 9.17) is 5.73 Å². The molecule has 0 fully saturated rings. The van der Waals surface area contributed by atoms with Gasteiger partial charge in [0.05, 0.1) is 5.56 Å². The van der Waals surface area contributed by atoms with E-state index in [2.05, 4.69) is 10.6 Å². The lowest BCUT2D eigenvalue weighted by Gasteiger charge is -2.16. The normalized spacial score (nSPS) is 12.3. The third kappa shape index (κ3) is 6.33. The molecule has 0 saturated carbocycles. The van der Waals surface area contributed by atoms with Crippen molar-refractivity contribution >= 4 is 11.7 Å². The van der Waals surface area contributed by atoms with E-state index in [0.717, 1.165) is 28.8 Å². The molecule has 7 heteroatoms. The molecule has 3 aromatic rings. The molecule has 0 heterocycles. The number of alkyl halides is 3. The monoisotopic (exact) mass is 427 g/mol. The van der Waals surface area contributed by atoms with E-state index in [0.29, 0.717) is 6.42 Å².